The number of hydrogen-bond acceptors (Lipinski definition) is 4. The largest absolute Gasteiger partial charge is 0.257 e. The summed E-state index contributed by atoms with van der Waals surface area (Å²) in [6.07, 6.45) is 6.08. The third-order valence-electron chi connectivity index (χ3n) is 3.21. The highest BCUT2D eigenvalue weighted by atomic mass is 15.0. The second-order valence-electron chi connectivity index (χ2n) is 4.45. The van der Waals surface area contributed by atoms with Gasteiger partial charge in [0.05, 0.1) is 22.8 Å². The van der Waals surface area contributed by atoms with Crippen LogP contribution in [0.4, 0.5) is 0 Å². The van der Waals surface area contributed by atoms with Crippen LogP contribution in [0.1, 0.15) is 17.0 Å². The van der Waals surface area contributed by atoms with Gasteiger partial charge in [-0.15, -0.1) is 0 Å². The first kappa shape index (κ1) is 10.3. The molecule has 0 bridgehead atoms. The van der Waals surface area contributed by atoms with Crippen molar-refractivity contribution in [1.29, 1.82) is 0 Å². The van der Waals surface area contributed by atoms with Crippen LogP contribution in [-0.4, -0.2) is 21.5 Å². The lowest BCUT2D eigenvalue weighted by Crippen LogP contribution is -2.12. The van der Waals surface area contributed by atoms with E-state index in [1.54, 1.807) is 12.4 Å². The number of amidine groups is 1. The number of rotatable bonds is 1. The molecule has 1 aliphatic carbocycles. The Hall–Kier alpha value is -2.62. The molecule has 2 aromatic rings. The number of fused-ring (bicyclic) bond motifs is 2. The van der Waals surface area contributed by atoms with E-state index in [9.17, 15) is 0 Å². The molecule has 0 radical (unpaired) electrons. The summed E-state index contributed by atoms with van der Waals surface area (Å²) in [4.78, 5) is 17.8. The van der Waals surface area contributed by atoms with Crippen molar-refractivity contribution >= 4 is 17.6 Å². The first-order valence-corrected chi connectivity index (χ1v) is 6.14. The molecule has 0 amide bonds. The summed E-state index contributed by atoms with van der Waals surface area (Å²) in [5.74, 6) is 0.773. The number of aromatic nitrogens is 2. The Morgan fingerprint density at radius 2 is 1.74 bits per heavy atom. The molecule has 0 N–H and O–H groups in total. The normalized spacial score (nSPS) is 16.1. The van der Waals surface area contributed by atoms with Gasteiger partial charge in [0.15, 0.2) is 5.84 Å². The molecule has 0 atom stereocenters. The Kier molecular flexibility index (Phi) is 2.14. The summed E-state index contributed by atoms with van der Waals surface area (Å²) < 4.78 is 0. The second kappa shape index (κ2) is 3.95. The van der Waals surface area contributed by atoms with Crippen LogP contribution in [0, 0.1) is 0 Å². The molecule has 4 nitrogen and oxygen atoms in total. The van der Waals surface area contributed by atoms with Crippen LogP contribution < -0.4 is 0 Å². The number of benzene rings is 1. The van der Waals surface area contributed by atoms with Gasteiger partial charge in [-0.05, 0) is 6.08 Å². The zero-order valence-electron chi connectivity index (χ0n) is 10.1. The SMILES string of the molecule is C1=C2N=C(c3ccccc3)N=C2Cc2nccnc21. The lowest BCUT2D eigenvalue weighted by Gasteiger charge is -2.10. The van der Waals surface area contributed by atoms with Gasteiger partial charge in [-0.25, -0.2) is 9.98 Å². The quantitative estimate of drug-likeness (QED) is 0.775. The Morgan fingerprint density at radius 1 is 0.895 bits per heavy atom. The molecule has 0 unspecified atom stereocenters. The molecule has 4 heteroatoms. The van der Waals surface area contributed by atoms with E-state index in [1.807, 2.05) is 36.4 Å². The molecule has 1 aromatic carbocycles. The molecule has 90 valence electrons. The van der Waals surface area contributed by atoms with Gasteiger partial charge < -0.3 is 0 Å². The molecular formula is C15H10N4. The summed E-state index contributed by atoms with van der Waals surface area (Å²) in [6, 6.07) is 10.0. The molecule has 1 aliphatic heterocycles. The maximum Gasteiger partial charge on any atom is 0.160 e. The van der Waals surface area contributed by atoms with Crippen molar-refractivity contribution in [3.63, 3.8) is 0 Å². The van der Waals surface area contributed by atoms with Crippen molar-refractivity contribution in [1.82, 2.24) is 9.97 Å². The van der Waals surface area contributed by atoms with E-state index in [4.69, 9.17) is 0 Å². The summed E-state index contributed by atoms with van der Waals surface area (Å²) in [7, 11) is 0. The lowest BCUT2D eigenvalue weighted by atomic mass is 10.0. The molecule has 2 aliphatic rings. The van der Waals surface area contributed by atoms with E-state index in [-0.39, 0.29) is 0 Å². The summed E-state index contributed by atoms with van der Waals surface area (Å²) >= 11 is 0. The van der Waals surface area contributed by atoms with Crippen LogP contribution in [-0.2, 0) is 6.42 Å². The average molecular weight is 246 g/mol. The highest BCUT2D eigenvalue weighted by Crippen LogP contribution is 2.25. The third kappa shape index (κ3) is 1.69. The summed E-state index contributed by atoms with van der Waals surface area (Å²) in [6.45, 7) is 0. The fourth-order valence-electron chi connectivity index (χ4n) is 2.27. The monoisotopic (exact) mass is 246 g/mol. The lowest BCUT2D eigenvalue weighted by molar-refractivity contribution is 1.05. The predicted octanol–water partition coefficient (Wildman–Crippen LogP) is 2.27. The molecule has 2 heterocycles. The highest BCUT2D eigenvalue weighted by Gasteiger charge is 2.23. The van der Waals surface area contributed by atoms with Crippen molar-refractivity contribution in [2.45, 2.75) is 6.42 Å². The molecule has 0 fully saturated rings. The van der Waals surface area contributed by atoms with Crippen molar-refractivity contribution in [2.24, 2.45) is 9.98 Å². The van der Waals surface area contributed by atoms with Crippen LogP contribution in [0.3, 0.4) is 0 Å². The van der Waals surface area contributed by atoms with Gasteiger partial charge in [0.25, 0.3) is 0 Å². The van der Waals surface area contributed by atoms with Crippen molar-refractivity contribution in [2.75, 3.05) is 0 Å². The van der Waals surface area contributed by atoms with E-state index >= 15 is 0 Å². The molecule has 0 saturated heterocycles. The zero-order chi connectivity index (χ0) is 12.7. The Bertz CT molecular complexity index is 742. The van der Waals surface area contributed by atoms with Crippen LogP contribution in [0.5, 0.6) is 0 Å². The van der Waals surface area contributed by atoms with E-state index < -0.39 is 0 Å². The Balaban J connectivity index is 1.79. The third-order valence-corrected chi connectivity index (χ3v) is 3.21. The number of allylic oxidation sites excluding steroid dienone is 1. The minimum Gasteiger partial charge on any atom is -0.257 e. The maximum atomic E-state index is 4.61. The maximum absolute atomic E-state index is 4.61. The van der Waals surface area contributed by atoms with Gasteiger partial charge >= 0.3 is 0 Å². The van der Waals surface area contributed by atoms with Crippen LogP contribution in [0.25, 0.3) is 6.08 Å². The summed E-state index contributed by atoms with van der Waals surface area (Å²) in [5, 5.41) is 0. The smallest absolute Gasteiger partial charge is 0.160 e. The van der Waals surface area contributed by atoms with Crippen molar-refractivity contribution < 1.29 is 0 Å². The topological polar surface area (TPSA) is 50.5 Å². The van der Waals surface area contributed by atoms with Gasteiger partial charge in [0.2, 0.25) is 0 Å². The van der Waals surface area contributed by atoms with Crippen molar-refractivity contribution in [3.05, 3.63) is 65.4 Å². The molecular weight excluding hydrogens is 236 g/mol. The fourth-order valence-corrected chi connectivity index (χ4v) is 2.27. The van der Waals surface area contributed by atoms with Gasteiger partial charge in [-0.3, -0.25) is 9.97 Å². The number of aliphatic imine (C=N–C) groups is 2. The van der Waals surface area contributed by atoms with Crippen LogP contribution in [0.2, 0.25) is 0 Å². The second-order valence-corrected chi connectivity index (χ2v) is 4.45. The average Bonchev–Trinajstić information content (AvgIpc) is 2.88. The van der Waals surface area contributed by atoms with E-state index in [0.717, 1.165) is 34.2 Å². The van der Waals surface area contributed by atoms with Gasteiger partial charge in [-0.2, -0.15) is 0 Å². The van der Waals surface area contributed by atoms with Crippen molar-refractivity contribution in [3.8, 4) is 0 Å². The minimum absolute atomic E-state index is 0.703. The summed E-state index contributed by atoms with van der Waals surface area (Å²) in [5.41, 5.74) is 4.79. The standard InChI is InChI=1S/C15H10N4/c1-2-4-10(5-3-1)15-18-13-8-11-12(9-14(13)19-15)17-7-6-16-11/h1-8H,9H2. The van der Waals surface area contributed by atoms with Gasteiger partial charge in [0, 0.05) is 24.4 Å². The Morgan fingerprint density at radius 3 is 2.63 bits per heavy atom. The molecule has 0 saturated carbocycles. The number of nitrogens with zero attached hydrogens (tertiary/aromatic N) is 4. The van der Waals surface area contributed by atoms with E-state index in [1.165, 1.54) is 0 Å². The number of hydrogen-bond donors (Lipinski definition) is 0. The minimum atomic E-state index is 0.703. The predicted molar refractivity (Wildman–Crippen MR) is 74.1 cm³/mol. The zero-order valence-corrected chi connectivity index (χ0v) is 10.1. The molecule has 1 aromatic heterocycles. The molecule has 19 heavy (non-hydrogen) atoms. The Labute approximate surface area is 110 Å². The first-order chi connectivity index (χ1) is 9.40. The highest BCUT2D eigenvalue weighted by molar-refractivity contribution is 6.20. The van der Waals surface area contributed by atoms with E-state index in [0.29, 0.717) is 6.42 Å². The van der Waals surface area contributed by atoms with Gasteiger partial charge in [-0.1, -0.05) is 30.3 Å². The fraction of sp³-hybridized carbons (Fsp3) is 0.0667. The first-order valence-electron chi connectivity index (χ1n) is 6.14. The molecule has 4 rings (SSSR count). The van der Waals surface area contributed by atoms with Gasteiger partial charge in [0.1, 0.15) is 0 Å². The molecule has 0 spiro atoms. The van der Waals surface area contributed by atoms with Crippen LogP contribution in [0.15, 0.2) is 58.4 Å². The van der Waals surface area contributed by atoms with E-state index in [2.05, 4.69) is 20.0 Å². The van der Waals surface area contributed by atoms with Crippen LogP contribution >= 0.6 is 0 Å².